The molecule has 4 N–H and O–H groups in total. The summed E-state index contributed by atoms with van der Waals surface area (Å²) in [5.74, 6) is 0.479. The van der Waals surface area contributed by atoms with Crippen LogP contribution in [0.2, 0.25) is 0 Å². The molecule has 1 atom stereocenters. The Bertz CT molecular complexity index is 941. The number of anilines is 2. The predicted molar refractivity (Wildman–Crippen MR) is 92.4 cm³/mol. The Morgan fingerprint density at radius 2 is 2.24 bits per heavy atom. The summed E-state index contributed by atoms with van der Waals surface area (Å²) in [7, 11) is 1.70. The first kappa shape index (κ1) is 15.4. The van der Waals surface area contributed by atoms with Gasteiger partial charge in [0, 0.05) is 19.3 Å². The van der Waals surface area contributed by atoms with Gasteiger partial charge in [0.15, 0.2) is 0 Å². The van der Waals surface area contributed by atoms with Gasteiger partial charge in [-0.05, 0) is 31.7 Å². The van der Waals surface area contributed by atoms with Crippen molar-refractivity contribution in [3.05, 3.63) is 24.0 Å². The molecule has 3 aromatic heterocycles. The molecule has 1 fully saturated rings. The summed E-state index contributed by atoms with van der Waals surface area (Å²) in [5.41, 5.74) is 8.04. The number of rotatable bonds is 6. The Hall–Kier alpha value is -3.10. The third-order valence-corrected chi connectivity index (χ3v) is 4.49. The highest BCUT2D eigenvalue weighted by atomic mass is 16.4. The first-order valence-electron chi connectivity index (χ1n) is 8.16. The maximum absolute atomic E-state index is 11.8. The van der Waals surface area contributed by atoms with Gasteiger partial charge in [0.2, 0.25) is 0 Å². The van der Waals surface area contributed by atoms with Gasteiger partial charge in [0.25, 0.3) is 11.8 Å². The molecule has 0 bridgehead atoms. The smallest absolute Gasteiger partial charge is 0.315 e. The minimum absolute atomic E-state index is 0.252. The minimum atomic E-state index is -0.515. The summed E-state index contributed by atoms with van der Waals surface area (Å²) in [6.07, 6.45) is 5.65. The number of nitrogens with zero attached hydrogens (tertiary/aromatic N) is 4. The molecule has 0 saturated heterocycles. The first-order chi connectivity index (χ1) is 12.1. The van der Waals surface area contributed by atoms with Crippen molar-refractivity contribution in [3.63, 3.8) is 0 Å². The summed E-state index contributed by atoms with van der Waals surface area (Å²) < 4.78 is 7.18. The van der Waals surface area contributed by atoms with E-state index in [1.807, 2.05) is 6.07 Å². The van der Waals surface area contributed by atoms with Gasteiger partial charge in [-0.25, -0.2) is 4.52 Å². The minimum Gasteiger partial charge on any atom is -0.403 e. The molecule has 0 aromatic carbocycles. The van der Waals surface area contributed by atoms with Gasteiger partial charge in [0.05, 0.1) is 28.5 Å². The Labute approximate surface area is 143 Å². The Kier molecular flexibility index (Phi) is 3.56. The topological polar surface area (TPSA) is 123 Å². The molecule has 1 aliphatic rings. The highest BCUT2D eigenvalue weighted by molar-refractivity contribution is 6.02. The maximum Gasteiger partial charge on any atom is 0.315 e. The molecule has 1 aliphatic carbocycles. The van der Waals surface area contributed by atoms with Crippen LogP contribution in [0.4, 0.5) is 11.7 Å². The molecule has 130 valence electrons. The normalized spacial score (nSPS) is 15.3. The number of hydrogen-bond donors (Lipinski definition) is 3. The number of carbonyl (C=O) groups excluding carboxylic acids is 1. The van der Waals surface area contributed by atoms with Crippen LogP contribution in [-0.4, -0.2) is 38.8 Å². The van der Waals surface area contributed by atoms with Crippen LogP contribution < -0.4 is 16.4 Å². The van der Waals surface area contributed by atoms with E-state index in [9.17, 15) is 4.79 Å². The summed E-state index contributed by atoms with van der Waals surface area (Å²) in [5, 5.41) is 18.4. The van der Waals surface area contributed by atoms with Crippen LogP contribution in [-0.2, 0) is 0 Å². The van der Waals surface area contributed by atoms with Crippen molar-refractivity contribution in [1.29, 1.82) is 0 Å². The third-order valence-electron chi connectivity index (χ3n) is 4.49. The molecule has 9 heteroatoms. The van der Waals surface area contributed by atoms with E-state index >= 15 is 0 Å². The highest BCUT2D eigenvalue weighted by Crippen LogP contribution is 2.36. The van der Waals surface area contributed by atoms with Crippen molar-refractivity contribution in [3.8, 4) is 11.5 Å². The van der Waals surface area contributed by atoms with Crippen LogP contribution in [0.25, 0.3) is 17.0 Å². The predicted octanol–water partition coefficient (Wildman–Crippen LogP) is 1.74. The number of carbonyl (C=O) groups is 1. The van der Waals surface area contributed by atoms with Crippen LogP contribution in [0.3, 0.4) is 0 Å². The number of nitrogens with two attached hydrogens (primary N) is 1. The molecule has 1 saturated carbocycles. The summed E-state index contributed by atoms with van der Waals surface area (Å²) in [6, 6.07) is 2.44. The monoisotopic (exact) mass is 341 g/mol. The van der Waals surface area contributed by atoms with Crippen LogP contribution in [0, 0.1) is 5.92 Å². The number of nitrogens with one attached hydrogen (secondary N) is 2. The molecule has 1 amide bonds. The van der Waals surface area contributed by atoms with Gasteiger partial charge in [0.1, 0.15) is 0 Å². The fourth-order valence-electron chi connectivity index (χ4n) is 2.89. The van der Waals surface area contributed by atoms with Gasteiger partial charge >= 0.3 is 6.01 Å². The van der Waals surface area contributed by atoms with Gasteiger partial charge in [-0.1, -0.05) is 5.10 Å². The lowest BCUT2D eigenvalue weighted by atomic mass is 10.1. The standard InChI is InChI=1S/C16H19N7O2/c1-8(9-3-4-9)20-13-11(14(17)24)6-19-23-7-10(5-12(13)23)15-21-22-16(18-2)25-15/h5-9,20H,3-4H2,1-2H3,(H2,17,24)(H,18,22)/t8-/m1/s1. The second-order valence-corrected chi connectivity index (χ2v) is 6.29. The van der Waals surface area contributed by atoms with Crippen molar-refractivity contribution in [2.24, 2.45) is 11.7 Å². The second kappa shape index (κ2) is 5.76. The highest BCUT2D eigenvalue weighted by Gasteiger charge is 2.29. The first-order valence-corrected chi connectivity index (χ1v) is 8.16. The van der Waals surface area contributed by atoms with Crippen LogP contribution in [0.15, 0.2) is 22.9 Å². The zero-order valence-corrected chi connectivity index (χ0v) is 14.0. The Morgan fingerprint density at radius 1 is 1.44 bits per heavy atom. The zero-order valence-electron chi connectivity index (χ0n) is 14.0. The summed E-state index contributed by atoms with van der Waals surface area (Å²) in [4.78, 5) is 11.8. The molecular formula is C16H19N7O2. The molecule has 0 aliphatic heterocycles. The quantitative estimate of drug-likeness (QED) is 0.624. The van der Waals surface area contributed by atoms with Crippen molar-refractivity contribution < 1.29 is 9.21 Å². The van der Waals surface area contributed by atoms with E-state index < -0.39 is 5.91 Å². The fourth-order valence-corrected chi connectivity index (χ4v) is 2.89. The summed E-state index contributed by atoms with van der Waals surface area (Å²) >= 11 is 0. The number of fused-ring (bicyclic) bond motifs is 1. The molecule has 9 nitrogen and oxygen atoms in total. The molecular weight excluding hydrogens is 322 g/mol. The molecule has 4 rings (SSSR count). The maximum atomic E-state index is 11.8. The number of amides is 1. The zero-order chi connectivity index (χ0) is 17.6. The Morgan fingerprint density at radius 3 is 2.88 bits per heavy atom. The van der Waals surface area contributed by atoms with Crippen molar-refractivity contribution >= 4 is 23.1 Å². The van der Waals surface area contributed by atoms with Gasteiger partial charge < -0.3 is 20.8 Å². The second-order valence-electron chi connectivity index (χ2n) is 6.29. The van der Waals surface area contributed by atoms with Crippen molar-refractivity contribution in [2.75, 3.05) is 17.7 Å². The lowest BCUT2D eigenvalue weighted by molar-refractivity contribution is 0.100. The van der Waals surface area contributed by atoms with E-state index in [2.05, 4.69) is 32.9 Å². The molecule has 3 heterocycles. The fraction of sp³-hybridized carbons (Fsp3) is 0.375. The van der Waals surface area contributed by atoms with Crippen LogP contribution in [0.5, 0.6) is 0 Å². The molecule has 25 heavy (non-hydrogen) atoms. The number of aromatic nitrogens is 4. The molecule has 0 spiro atoms. The lowest BCUT2D eigenvalue weighted by Crippen LogP contribution is -2.22. The molecule has 3 aromatic rings. The average molecular weight is 341 g/mol. The van der Waals surface area contributed by atoms with Crippen molar-refractivity contribution in [1.82, 2.24) is 19.8 Å². The van der Waals surface area contributed by atoms with Gasteiger partial charge in [-0.3, -0.25) is 4.79 Å². The SMILES string of the molecule is CNc1nnc(-c2cc3c(N[C@H](C)C4CC4)c(C(N)=O)cnn3c2)o1. The third kappa shape index (κ3) is 2.77. The van der Waals surface area contributed by atoms with E-state index in [1.165, 1.54) is 19.0 Å². The van der Waals surface area contributed by atoms with E-state index in [4.69, 9.17) is 10.2 Å². The van der Waals surface area contributed by atoms with Gasteiger partial charge in [-0.15, -0.1) is 5.10 Å². The number of hydrogen-bond acceptors (Lipinski definition) is 7. The van der Waals surface area contributed by atoms with E-state index in [0.717, 1.165) is 5.52 Å². The largest absolute Gasteiger partial charge is 0.403 e. The van der Waals surface area contributed by atoms with E-state index in [1.54, 1.807) is 17.8 Å². The van der Waals surface area contributed by atoms with E-state index in [0.29, 0.717) is 34.6 Å². The Balaban J connectivity index is 1.80. The summed E-state index contributed by atoms with van der Waals surface area (Å²) in [6.45, 7) is 2.11. The van der Waals surface area contributed by atoms with Crippen LogP contribution in [0.1, 0.15) is 30.1 Å². The van der Waals surface area contributed by atoms with Crippen LogP contribution >= 0.6 is 0 Å². The van der Waals surface area contributed by atoms with E-state index in [-0.39, 0.29) is 6.04 Å². The number of primary amides is 1. The average Bonchev–Trinajstić information content (AvgIpc) is 3.18. The van der Waals surface area contributed by atoms with Crippen molar-refractivity contribution in [2.45, 2.75) is 25.8 Å². The van der Waals surface area contributed by atoms with Gasteiger partial charge in [-0.2, -0.15) is 5.10 Å². The molecule has 0 radical (unpaired) electrons. The lowest BCUT2D eigenvalue weighted by Gasteiger charge is -2.17. The molecule has 0 unspecified atom stereocenters.